The van der Waals surface area contributed by atoms with Crippen molar-refractivity contribution < 1.29 is 17.6 Å². The molecule has 0 aliphatic heterocycles. The zero-order valence-electron chi connectivity index (χ0n) is 8.27. The molecule has 0 atom stereocenters. The summed E-state index contributed by atoms with van der Waals surface area (Å²) in [7, 11) is -3.48. The molecule has 0 spiro atoms. The van der Waals surface area contributed by atoms with Crippen LogP contribution in [0.4, 0.5) is 0 Å². The van der Waals surface area contributed by atoms with E-state index in [4.69, 9.17) is 21.2 Å². The number of rotatable bonds is 5. The first-order valence-electron chi connectivity index (χ1n) is 4.42. The number of furan rings is 1. The molecule has 3 N–H and O–H groups in total. The lowest BCUT2D eigenvalue weighted by atomic mass is 10.4. The predicted octanol–water partition coefficient (Wildman–Crippen LogP) is 0.341. The minimum absolute atomic E-state index is 0.0839. The molecule has 0 radical (unpaired) electrons. The lowest BCUT2D eigenvalue weighted by molar-refractivity contribution is 0.0926. The highest BCUT2D eigenvalue weighted by Gasteiger charge is 2.10. The molecule has 16 heavy (non-hydrogen) atoms. The number of halogens is 1. The van der Waals surface area contributed by atoms with Gasteiger partial charge in [0.1, 0.15) is 0 Å². The molecule has 0 bridgehead atoms. The monoisotopic (exact) mass is 266 g/mol. The van der Waals surface area contributed by atoms with Crippen LogP contribution in [0.25, 0.3) is 0 Å². The molecular formula is C8H11ClN2O4S. The van der Waals surface area contributed by atoms with Gasteiger partial charge in [-0.2, -0.15) is 0 Å². The van der Waals surface area contributed by atoms with Gasteiger partial charge in [-0.05, 0) is 30.2 Å². The first-order valence-corrected chi connectivity index (χ1v) is 6.52. The number of hydrogen-bond acceptors (Lipinski definition) is 4. The Hall–Kier alpha value is -1.05. The Bertz CT molecular complexity index is 468. The van der Waals surface area contributed by atoms with Crippen LogP contribution in [0.1, 0.15) is 17.0 Å². The second-order valence-electron chi connectivity index (χ2n) is 3.08. The first-order chi connectivity index (χ1) is 7.38. The minimum atomic E-state index is -3.48. The highest BCUT2D eigenvalue weighted by molar-refractivity contribution is 7.89. The highest BCUT2D eigenvalue weighted by atomic mass is 35.5. The second kappa shape index (κ2) is 5.33. The van der Waals surface area contributed by atoms with Gasteiger partial charge in [-0.3, -0.25) is 4.79 Å². The highest BCUT2D eigenvalue weighted by Crippen LogP contribution is 2.12. The molecule has 0 aromatic carbocycles. The summed E-state index contributed by atoms with van der Waals surface area (Å²) in [6.45, 7) is 0.202. The molecule has 90 valence electrons. The third-order valence-electron chi connectivity index (χ3n) is 1.69. The molecule has 0 aliphatic carbocycles. The number of carbonyl (C=O) groups excluding carboxylic acids is 1. The van der Waals surface area contributed by atoms with E-state index < -0.39 is 15.9 Å². The zero-order chi connectivity index (χ0) is 12.2. The van der Waals surface area contributed by atoms with Crippen LogP contribution in [0.5, 0.6) is 0 Å². The number of primary sulfonamides is 1. The average molecular weight is 267 g/mol. The number of sulfonamides is 1. The summed E-state index contributed by atoms with van der Waals surface area (Å²) in [5.74, 6) is -0.534. The molecule has 1 aromatic heterocycles. The van der Waals surface area contributed by atoms with Crippen molar-refractivity contribution in [3.05, 3.63) is 23.1 Å². The Morgan fingerprint density at radius 3 is 2.69 bits per heavy atom. The Morgan fingerprint density at radius 2 is 2.19 bits per heavy atom. The van der Waals surface area contributed by atoms with Gasteiger partial charge in [-0.25, -0.2) is 13.6 Å². The van der Waals surface area contributed by atoms with Gasteiger partial charge in [0, 0.05) is 6.54 Å². The van der Waals surface area contributed by atoms with Crippen LogP contribution in [-0.4, -0.2) is 26.6 Å². The van der Waals surface area contributed by atoms with Gasteiger partial charge in [0.05, 0.1) is 5.75 Å². The fraction of sp³-hybridized carbons (Fsp3) is 0.375. The molecule has 0 aliphatic rings. The van der Waals surface area contributed by atoms with E-state index in [0.717, 1.165) is 0 Å². The summed E-state index contributed by atoms with van der Waals surface area (Å²) in [4.78, 5) is 11.3. The smallest absolute Gasteiger partial charge is 0.287 e. The topological polar surface area (TPSA) is 102 Å². The van der Waals surface area contributed by atoms with Crippen LogP contribution in [0.15, 0.2) is 16.5 Å². The average Bonchev–Trinajstić information content (AvgIpc) is 2.57. The van der Waals surface area contributed by atoms with Crippen LogP contribution in [0.2, 0.25) is 5.22 Å². The SMILES string of the molecule is NS(=O)(=O)CCCNC(=O)c1ccc(Cl)o1. The summed E-state index contributed by atoms with van der Waals surface area (Å²) >= 11 is 5.48. The van der Waals surface area contributed by atoms with Gasteiger partial charge in [0.2, 0.25) is 10.0 Å². The Labute approximate surface area is 97.8 Å². The van der Waals surface area contributed by atoms with Crippen molar-refractivity contribution in [3.8, 4) is 0 Å². The maximum absolute atomic E-state index is 11.3. The Balaban J connectivity index is 2.31. The van der Waals surface area contributed by atoms with E-state index in [1.165, 1.54) is 12.1 Å². The Kier molecular flexibility index (Phi) is 4.34. The van der Waals surface area contributed by atoms with Crippen LogP contribution in [0, 0.1) is 0 Å². The largest absolute Gasteiger partial charge is 0.440 e. The van der Waals surface area contributed by atoms with E-state index in [1.54, 1.807) is 0 Å². The van der Waals surface area contributed by atoms with Crippen LogP contribution in [0.3, 0.4) is 0 Å². The lowest BCUT2D eigenvalue weighted by Gasteiger charge is -2.01. The van der Waals surface area contributed by atoms with E-state index in [-0.39, 0.29) is 29.7 Å². The normalized spacial score (nSPS) is 11.4. The molecule has 1 rings (SSSR count). The van der Waals surface area contributed by atoms with E-state index >= 15 is 0 Å². The number of hydrogen-bond donors (Lipinski definition) is 2. The third-order valence-corrected chi connectivity index (χ3v) is 2.75. The van der Waals surface area contributed by atoms with Crippen molar-refractivity contribution in [1.29, 1.82) is 0 Å². The second-order valence-corrected chi connectivity index (χ2v) is 5.19. The summed E-state index contributed by atoms with van der Waals surface area (Å²) in [6, 6.07) is 2.87. The fourth-order valence-corrected chi connectivity index (χ4v) is 1.69. The molecule has 0 unspecified atom stereocenters. The lowest BCUT2D eigenvalue weighted by Crippen LogP contribution is -2.27. The van der Waals surface area contributed by atoms with Crippen molar-refractivity contribution in [1.82, 2.24) is 5.32 Å². The molecule has 8 heteroatoms. The Morgan fingerprint density at radius 1 is 1.50 bits per heavy atom. The quantitative estimate of drug-likeness (QED) is 0.750. The van der Waals surface area contributed by atoms with E-state index in [2.05, 4.69) is 5.32 Å². The molecule has 0 fully saturated rings. The van der Waals surface area contributed by atoms with Crippen molar-refractivity contribution in [2.45, 2.75) is 6.42 Å². The number of carbonyl (C=O) groups is 1. The standard InChI is InChI=1S/C8H11ClN2O4S/c9-7-3-2-6(15-7)8(12)11-4-1-5-16(10,13)14/h2-3H,1,4-5H2,(H,11,12)(H2,10,13,14). The molecule has 0 saturated carbocycles. The molecule has 6 nitrogen and oxygen atoms in total. The summed E-state index contributed by atoms with van der Waals surface area (Å²) in [6.07, 6.45) is 0.249. The number of nitrogens with one attached hydrogen (secondary N) is 1. The van der Waals surface area contributed by atoms with E-state index in [9.17, 15) is 13.2 Å². The molecule has 0 saturated heterocycles. The van der Waals surface area contributed by atoms with Gasteiger partial charge in [-0.15, -0.1) is 0 Å². The maximum atomic E-state index is 11.3. The van der Waals surface area contributed by atoms with Crippen LogP contribution >= 0.6 is 11.6 Å². The number of amides is 1. The first kappa shape index (κ1) is 13.0. The van der Waals surface area contributed by atoms with Crippen LogP contribution in [-0.2, 0) is 10.0 Å². The zero-order valence-corrected chi connectivity index (χ0v) is 9.85. The number of nitrogens with two attached hydrogens (primary N) is 1. The van der Waals surface area contributed by atoms with Crippen molar-refractivity contribution >= 4 is 27.5 Å². The molecule has 1 amide bonds. The van der Waals surface area contributed by atoms with Crippen molar-refractivity contribution in [3.63, 3.8) is 0 Å². The summed E-state index contributed by atoms with van der Waals surface area (Å²) < 4.78 is 26.0. The third kappa shape index (κ3) is 4.65. The van der Waals surface area contributed by atoms with Crippen LogP contribution < -0.4 is 10.5 Å². The minimum Gasteiger partial charge on any atom is -0.440 e. The molecule has 1 aromatic rings. The van der Waals surface area contributed by atoms with E-state index in [1.807, 2.05) is 0 Å². The van der Waals surface area contributed by atoms with Gasteiger partial charge in [0.15, 0.2) is 11.0 Å². The molecule has 1 heterocycles. The van der Waals surface area contributed by atoms with Crippen molar-refractivity contribution in [2.24, 2.45) is 5.14 Å². The van der Waals surface area contributed by atoms with Crippen molar-refractivity contribution in [2.75, 3.05) is 12.3 Å². The van der Waals surface area contributed by atoms with Gasteiger partial charge < -0.3 is 9.73 Å². The van der Waals surface area contributed by atoms with E-state index in [0.29, 0.717) is 0 Å². The summed E-state index contributed by atoms with van der Waals surface area (Å²) in [5.41, 5.74) is 0. The predicted molar refractivity (Wildman–Crippen MR) is 58.6 cm³/mol. The van der Waals surface area contributed by atoms with Gasteiger partial charge in [-0.1, -0.05) is 0 Å². The fourth-order valence-electron chi connectivity index (χ4n) is 0.999. The van der Waals surface area contributed by atoms with Gasteiger partial charge >= 0.3 is 0 Å². The summed E-state index contributed by atoms with van der Waals surface area (Å²) in [5, 5.41) is 7.38. The molecular weight excluding hydrogens is 256 g/mol. The maximum Gasteiger partial charge on any atom is 0.287 e. The van der Waals surface area contributed by atoms with Gasteiger partial charge in [0.25, 0.3) is 5.91 Å².